The highest BCUT2D eigenvalue weighted by Gasteiger charge is 2.09. The van der Waals surface area contributed by atoms with Crippen molar-refractivity contribution < 1.29 is 14.3 Å². The molecule has 27 heavy (non-hydrogen) atoms. The third-order valence-corrected chi connectivity index (χ3v) is 3.77. The van der Waals surface area contributed by atoms with Gasteiger partial charge in [0, 0.05) is 16.8 Å². The number of halogens is 1. The third kappa shape index (κ3) is 6.14. The largest absolute Gasteiger partial charge is 0.462 e. The topological polar surface area (TPSA) is 79.2 Å². The molecule has 2 aromatic rings. The van der Waals surface area contributed by atoms with E-state index >= 15 is 0 Å². The van der Waals surface area contributed by atoms with E-state index in [1.165, 1.54) is 12.2 Å². The molecule has 136 valence electrons. The van der Waals surface area contributed by atoms with Crippen LogP contribution < -0.4 is 5.32 Å². The number of hydrogen-bond acceptors (Lipinski definition) is 4. The van der Waals surface area contributed by atoms with E-state index in [4.69, 9.17) is 21.6 Å². The zero-order valence-electron chi connectivity index (χ0n) is 14.6. The van der Waals surface area contributed by atoms with Crippen molar-refractivity contribution in [2.24, 2.45) is 0 Å². The molecule has 0 atom stereocenters. The molecule has 1 amide bonds. The Hall–Kier alpha value is -3.36. The number of nitrogens with one attached hydrogen (secondary N) is 1. The summed E-state index contributed by atoms with van der Waals surface area (Å²) in [5, 5.41) is 12.3. The molecule has 0 radical (unpaired) electrons. The van der Waals surface area contributed by atoms with Crippen molar-refractivity contribution >= 4 is 41.3 Å². The van der Waals surface area contributed by atoms with E-state index in [2.05, 4.69) is 5.32 Å². The van der Waals surface area contributed by atoms with Gasteiger partial charge >= 0.3 is 5.97 Å². The first-order chi connectivity index (χ1) is 13.0. The molecule has 0 aliphatic carbocycles. The van der Waals surface area contributed by atoms with Crippen molar-refractivity contribution in [1.82, 2.24) is 0 Å². The van der Waals surface area contributed by atoms with Gasteiger partial charge in [0.2, 0.25) is 5.91 Å². The molecule has 0 bridgehead atoms. The van der Waals surface area contributed by atoms with Crippen LogP contribution in [0.3, 0.4) is 0 Å². The Morgan fingerprint density at radius 3 is 2.52 bits per heavy atom. The summed E-state index contributed by atoms with van der Waals surface area (Å²) >= 11 is 6.04. The highest BCUT2D eigenvalue weighted by molar-refractivity contribution is 6.32. The average molecular weight is 381 g/mol. The molecule has 0 saturated carbocycles. The second-order valence-electron chi connectivity index (χ2n) is 5.36. The fourth-order valence-corrected chi connectivity index (χ4v) is 2.33. The monoisotopic (exact) mass is 380 g/mol. The maximum atomic E-state index is 12.0. The molecule has 0 fully saturated rings. The first-order valence-corrected chi connectivity index (χ1v) is 8.54. The third-order valence-electron chi connectivity index (χ3n) is 3.42. The Labute approximate surface area is 162 Å². The molecule has 2 rings (SSSR count). The molecule has 0 spiro atoms. The smallest absolute Gasteiger partial charge is 0.348 e. The first-order valence-electron chi connectivity index (χ1n) is 8.16. The second kappa shape index (κ2) is 9.95. The van der Waals surface area contributed by atoms with Crippen molar-refractivity contribution in [3.63, 3.8) is 0 Å². The Balaban J connectivity index is 2.03. The summed E-state index contributed by atoms with van der Waals surface area (Å²) in [6.07, 6.45) is 4.46. The number of amides is 1. The number of nitrogens with zero attached hydrogens (tertiary/aromatic N) is 1. The van der Waals surface area contributed by atoms with Gasteiger partial charge in [0.1, 0.15) is 11.6 Å². The lowest BCUT2D eigenvalue weighted by molar-refractivity contribution is -0.137. The number of esters is 1. The lowest BCUT2D eigenvalue weighted by Crippen LogP contribution is -2.07. The van der Waals surface area contributed by atoms with Crippen LogP contribution in [-0.4, -0.2) is 18.5 Å². The van der Waals surface area contributed by atoms with Gasteiger partial charge in [-0.2, -0.15) is 5.26 Å². The van der Waals surface area contributed by atoms with Crippen molar-refractivity contribution in [1.29, 1.82) is 5.26 Å². The number of anilines is 1. The van der Waals surface area contributed by atoms with E-state index in [0.717, 1.165) is 5.56 Å². The van der Waals surface area contributed by atoms with Crippen LogP contribution in [0.5, 0.6) is 0 Å². The number of carbonyl (C=O) groups excluding carboxylic acids is 2. The van der Waals surface area contributed by atoms with Gasteiger partial charge < -0.3 is 10.1 Å². The minimum Gasteiger partial charge on any atom is -0.462 e. The highest BCUT2D eigenvalue weighted by Crippen LogP contribution is 2.17. The Morgan fingerprint density at radius 1 is 1.19 bits per heavy atom. The fraction of sp³-hybridized carbons (Fsp3) is 0.0952. The Bertz CT molecular complexity index is 925. The maximum absolute atomic E-state index is 12.0. The van der Waals surface area contributed by atoms with Gasteiger partial charge in [0.25, 0.3) is 0 Å². The summed E-state index contributed by atoms with van der Waals surface area (Å²) < 4.78 is 4.81. The number of ether oxygens (including phenoxy) is 1. The Morgan fingerprint density at radius 2 is 1.89 bits per heavy atom. The van der Waals surface area contributed by atoms with Gasteiger partial charge in [0.15, 0.2) is 0 Å². The summed E-state index contributed by atoms with van der Waals surface area (Å²) in [4.78, 5) is 23.6. The molecule has 5 nitrogen and oxygen atoms in total. The zero-order valence-corrected chi connectivity index (χ0v) is 15.4. The minimum absolute atomic E-state index is 0.0868. The molecule has 1 N–H and O–H groups in total. The van der Waals surface area contributed by atoms with Gasteiger partial charge in [-0.1, -0.05) is 41.9 Å². The molecule has 2 aromatic carbocycles. The van der Waals surface area contributed by atoms with Crippen molar-refractivity contribution in [2.75, 3.05) is 11.9 Å². The molecular weight excluding hydrogens is 364 g/mol. The van der Waals surface area contributed by atoms with Crippen molar-refractivity contribution in [3.05, 3.63) is 76.3 Å². The van der Waals surface area contributed by atoms with E-state index in [-0.39, 0.29) is 18.1 Å². The van der Waals surface area contributed by atoms with E-state index < -0.39 is 5.97 Å². The van der Waals surface area contributed by atoms with Gasteiger partial charge in [-0.25, -0.2) is 4.79 Å². The number of nitriles is 1. The Kier molecular flexibility index (Phi) is 7.36. The van der Waals surface area contributed by atoms with Crippen LogP contribution in [0, 0.1) is 11.3 Å². The second-order valence-corrected chi connectivity index (χ2v) is 5.76. The standard InChI is InChI=1S/C21H17ClN2O3/c1-2-27-21(26)17(14-23)13-15-7-10-18(11-8-15)24-20(25)12-9-16-5-3-4-6-19(16)22/h3-13H,2H2,1H3,(H,24,25)/b12-9+,17-13+. The van der Waals surface area contributed by atoms with E-state index in [9.17, 15) is 9.59 Å². The van der Waals surface area contributed by atoms with Gasteiger partial charge in [-0.3, -0.25) is 4.79 Å². The average Bonchev–Trinajstić information content (AvgIpc) is 2.67. The first kappa shape index (κ1) is 20.0. The molecule has 0 aliphatic rings. The maximum Gasteiger partial charge on any atom is 0.348 e. The summed E-state index contributed by atoms with van der Waals surface area (Å²) in [7, 11) is 0. The van der Waals surface area contributed by atoms with Gasteiger partial charge in [-0.15, -0.1) is 0 Å². The molecule has 0 aromatic heterocycles. The molecule has 6 heteroatoms. The summed E-state index contributed by atoms with van der Waals surface area (Å²) in [5.41, 5.74) is 1.88. The quantitative estimate of drug-likeness (QED) is 0.455. The molecule has 0 heterocycles. The number of rotatable bonds is 6. The summed E-state index contributed by atoms with van der Waals surface area (Å²) in [5.74, 6) is -0.968. The lowest BCUT2D eigenvalue weighted by atomic mass is 10.1. The normalized spacial score (nSPS) is 11.1. The van der Waals surface area contributed by atoms with Crippen molar-refractivity contribution in [2.45, 2.75) is 6.92 Å². The van der Waals surface area contributed by atoms with Crippen LogP contribution >= 0.6 is 11.6 Å². The van der Waals surface area contributed by atoms with Crippen LogP contribution in [0.2, 0.25) is 5.02 Å². The number of hydrogen-bond donors (Lipinski definition) is 1. The fourth-order valence-electron chi connectivity index (χ4n) is 2.13. The van der Waals surface area contributed by atoms with Crippen LogP contribution in [-0.2, 0) is 14.3 Å². The zero-order chi connectivity index (χ0) is 19.6. The van der Waals surface area contributed by atoms with E-state index in [1.54, 1.807) is 43.3 Å². The molecule has 0 unspecified atom stereocenters. The highest BCUT2D eigenvalue weighted by atomic mass is 35.5. The van der Waals surface area contributed by atoms with Crippen LogP contribution in [0.4, 0.5) is 5.69 Å². The summed E-state index contributed by atoms with van der Waals surface area (Å²) in [6.45, 7) is 1.87. The molecular formula is C21H17ClN2O3. The predicted octanol–water partition coefficient (Wildman–Crippen LogP) is 4.46. The number of carbonyl (C=O) groups is 2. The number of benzene rings is 2. The van der Waals surface area contributed by atoms with Gasteiger partial charge in [0.05, 0.1) is 6.61 Å². The lowest BCUT2D eigenvalue weighted by Gasteiger charge is -2.04. The minimum atomic E-state index is -0.665. The predicted molar refractivity (Wildman–Crippen MR) is 106 cm³/mol. The van der Waals surface area contributed by atoms with Gasteiger partial charge in [-0.05, 0) is 48.4 Å². The molecule has 0 saturated heterocycles. The molecule has 0 aliphatic heterocycles. The van der Waals surface area contributed by atoms with Crippen LogP contribution in [0.25, 0.3) is 12.2 Å². The SMILES string of the molecule is CCOC(=O)/C(C#N)=C/c1ccc(NC(=O)/C=C/c2ccccc2Cl)cc1. The van der Waals surface area contributed by atoms with E-state index in [0.29, 0.717) is 16.3 Å². The van der Waals surface area contributed by atoms with Crippen molar-refractivity contribution in [3.8, 4) is 6.07 Å². The van der Waals surface area contributed by atoms with Crippen LogP contribution in [0.15, 0.2) is 60.2 Å². The van der Waals surface area contributed by atoms with Crippen LogP contribution in [0.1, 0.15) is 18.1 Å². The van der Waals surface area contributed by atoms with E-state index in [1.807, 2.05) is 24.3 Å². The summed E-state index contributed by atoms with van der Waals surface area (Å²) in [6, 6.07) is 15.7.